The van der Waals surface area contributed by atoms with Gasteiger partial charge < -0.3 is 4.74 Å². The monoisotopic (exact) mass is 465 g/mol. The summed E-state index contributed by atoms with van der Waals surface area (Å²) in [7, 11) is 0. The number of hydrogen-bond acceptors (Lipinski definition) is 4. The molecule has 1 fully saturated rings. The molecule has 2 bridgehead atoms. The molecule has 0 N–H and O–H groups in total. The first-order chi connectivity index (χ1) is 16.7. The molecule has 3 aliphatic carbocycles. The average molecular weight is 466 g/mol. The molecule has 0 aromatic heterocycles. The van der Waals surface area contributed by atoms with Crippen LogP contribution >= 0.6 is 0 Å². The van der Waals surface area contributed by atoms with Crippen molar-refractivity contribution in [3.63, 3.8) is 0 Å². The molecule has 0 spiro atoms. The van der Waals surface area contributed by atoms with E-state index >= 15 is 0 Å². The number of imide groups is 1. The van der Waals surface area contributed by atoms with Gasteiger partial charge in [0.05, 0.1) is 29.2 Å². The van der Waals surface area contributed by atoms with Crippen molar-refractivity contribution >= 4 is 23.5 Å². The molecule has 0 radical (unpaired) electrons. The van der Waals surface area contributed by atoms with Gasteiger partial charge in [0.15, 0.2) is 0 Å². The molecule has 1 heterocycles. The third-order valence-corrected chi connectivity index (χ3v) is 8.35. The Hall–Kier alpha value is -3.73. The Labute approximate surface area is 204 Å². The number of rotatable bonds is 3. The Balaban J connectivity index is 1.49. The van der Waals surface area contributed by atoms with Gasteiger partial charge in [0, 0.05) is 10.8 Å². The maximum absolute atomic E-state index is 14.1. The first kappa shape index (κ1) is 21.8. The van der Waals surface area contributed by atoms with Crippen LogP contribution in [-0.2, 0) is 25.2 Å². The van der Waals surface area contributed by atoms with E-state index in [0.29, 0.717) is 11.3 Å². The second kappa shape index (κ2) is 7.14. The normalized spacial score (nSPS) is 28.1. The third kappa shape index (κ3) is 2.61. The molecule has 0 unspecified atom stereocenters. The van der Waals surface area contributed by atoms with Crippen molar-refractivity contribution in [1.29, 1.82) is 0 Å². The highest BCUT2D eigenvalue weighted by Crippen LogP contribution is 2.66. The standard InChI is InChI=1S/C30H27NO4/c1-17(2)35-28(34)18-13-15-19(16-14-18)31-26(32)24-25(27(31)33)30(4)22-11-7-5-9-20(22)29(24,3)21-10-6-8-12-23(21)30/h5-17,24-25H,1-4H3/t24-,25+,29?,30?. The molecular formula is C30H27NO4. The second-order valence-corrected chi connectivity index (χ2v) is 10.5. The minimum absolute atomic E-state index is 0.185. The summed E-state index contributed by atoms with van der Waals surface area (Å²) in [5.74, 6) is -1.81. The summed E-state index contributed by atoms with van der Waals surface area (Å²) in [5, 5.41) is 0. The molecule has 3 aromatic rings. The largest absolute Gasteiger partial charge is 0.459 e. The molecule has 2 amide bonds. The topological polar surface area (TPSA) is 63.7 Å². The summed E-state index contributed by atoms with van der Waals surface area (Å²) in [6.07, 6.45) is -0.229. The van der Waals surface area contributed by atoms with Gasteiger partial charge in [-0.3, -0.25) is 9.59 Å². The van der Waals surface area contributed by atoms with Crippen LogP contribution in [0, 0.1) is 11.8 Å². The SMILES string of the molecule is CC(C)OC(=O)c1ccc(N2C(=O)[C@@H]3[C@H](C2=O)C2(C)c4ccccc4C3(C)c3ccccc32)cc1. The minimum atomic E-state index is -0.613. The number of nitrogens with zero attached hydrogens (tertiary/aromatic N) is 1. The van der Waals surface area contributed by atoms with Gasteiger partial charge in [0.1, 0.15) is 0 Å². The lowest BCUT2D eigenvalue weighted by Gasteiger charge is -2.57. The van der Waals surface area contributed by atoms with Crippen LogP contribution in [0.25, 0.3) is 0 Å². The van der Waals surface area contributed by atoms with E-state index in [1.165, 1.54) is 4.90 Å². The number of carbonyl (C=O) groups excluding carboxylic acids is 3. The molecule has 35 heavy (non-hydrogen) atoms. The van der Waals surface area contributed by atoms with Crippen LogP contribution in [0.1, 0.15) is 60.3 Å². The molecule has 0 saturated carbocycles. The fourth-order valence-corrected chi connectivity index (χ4v) is 6.85. The number of amides is 2. The third-order valence-electron chi connectivity index (χ3n) is 8.35. The Kier molecular flexibility index (Phi) is 4.44. The van der Waals surface area contributed by atoms with E-state index in [1.54, 1.807) is 38.1 Å². The van der Waals surface area contributed by atoms with Crippen molar-refractivity contribution in [3.05, 3.63) is 101 Å². The van der Waals surface area contributed by atoms with Gasteiger partial charge in [-0.05, 0) is 60.4 Å². The first-order valence-corrected chi connectivity index (χ1v) is 12.1. The highest BCUT2D eigenvalue weighted by Gasteiger charge is 2.70. The molecule has 176 valence electrons. The van der Waals surface area contributed by atoms with Gasteiger partial charge in [0.25, 0.3) is 0 Å². The van der Waals surface area contributed by atoms with E-state index in [1.807, 2.05) is 24.3 Å². The number of ether oxygens (including phenoxy) is 1. The van der Waals surface area contributed by atoms with Crippen molar-refractivity contribution in [2.24, 2.45) is 11.8 Å². The van der Waals surface area contributed by atoms with Crippen molar-refractivity contribution < 1.29 is 19.1 Å². The van der Waals surface area contributed by atoms with E-state index < -0.39 is 28.6 Å². The van der Waals surface area contributed by atoms with Crippen LogP contribution in [0.5, 0.6) is 0 Å². The summed E-state index contributed by atoms with van der Waals surface area (Å²) in [4.78, 5) is 41.8. The molecule has 1 saturated heterocycles. The zero-order valence-corrected chi connectivity index (χ0v) is 20.2. The summed E-state index contributed by atoms with van der Waals surface area (Å²) in [6, 6.07) is 23.0. The Morgan fingerprint density at radius 2 is 1.14 bits per heavy atom. The smallest absolute Gasteiger partial charge is 0.338 e. The van der Waals surface area contributed by atoms with Crippen LogP contribution in [0.3, 0.4) is 0 Å². The van der Waals surface area contributed by atoms with Crippen LogP contribution in [0.4, 0.5) is 5.69 Å². The van der Waals surface area contributed by atoms with Crippen LogP contribution in [-0.4, -0.2) is 23.9 Å². The zero-order chi connectivity index (χ0) is 24.7. The highest BCUT2D eigenvalue weighted by atomic mass is 16.5. The van der Waals surface area contributed by atoms with E-state index in [2.05, 4.69) is 38.1 Å². The summed E-state index contributed by atoms with van der Waals surface area (Å²) in [5.41, 5.74) is 4.13. The lowest BCUT2D eigenvalue weighted by Crippen LogP contribution is -2.59. The molecule has 5 nitrogen and oxygen atoms in total. The first-order valence-electron chi connectivity index (χ1n) is 12.1. The summed E-state index contributed by atoms with van der Waals surface area (Å²) >= 11 is 0. The number of hydrogen-bond donors (Lipinski definition) is 0. The van der Waals surface area contributed by atoms with Crippen LogP contribution in [0.15, 0.2) is 72.8 Å². The number of benzene rings is 3. The van der Waals surface area contributed by atoms with Gasteiger partial charge >= 0.3 is 5.97 Å². The van der Waals surface area contributed by atoms with E-state index in [0.717, 1.165) is 22.3 Å². The molecule has 2 atom stereocenters. The Morgan fingerprint density at radius 3 is 1.51 bits per heavy atom. The van der Waals surface area contributed by atoms with E-state index in [4.69, 9.17) is 4.74 Å². The van der Waals surface area contributed by atoms with Crippen molar-refractivity contribution in [2.75, 3.05) is 4.90 Å². The number of carbonyl (C=O) groups is 3. The van der Waals surface area contributed by atoms with E-state index in [9.17, 15) is 14.4 Å². The van der Waals surface area contributed by atoms with Gasteiger partial charge in [-0.15, -0.1) is 0 Å². The van der Waals surface area contributed by atoms with Crippen molar-refractivity contribution in [3.8, 4) is 0 Å². The summed E-state index contributed by atoms with van der Waals surface area (Å²) in [6.45, 7) is 7.81. The molecule has 3 aromatic carbocycles. The molecule has 1 aliphatic heterocycles. The van der Waals surface area contributed by atoms with Crippen LogP contribution in [0.2, 0.25) is 0 Å². The molecular weight excluding hydrogens is 438 g/mol. The Bertz CT molecular complexity index is 1280. The lowest BCUT2D eigenvalue weighted by molar-refractivity contribution is -0.124. The molecule has 7 rings (SSSR count). The minimum Gasteiger partial charge on any atom is -0.459 e. The zero-order valence-electron chi connectivity index (χ0n) is 20.2. The average Bonchev–Trinajstić information content (AvgIpc) is 3.13. The number of anilines is 1. The quantitative estimate of drug-likeness (QED) is 0.404. The predicted molar refractivity (Wildman–Crippen MR) is 132 cm³/mol. The highest BCUT2D eigenvalue weighted by molar-refractivity contribution is 6.24. The Morgan fingerprint density at radius 1 is 0.743 bits per heavy atom. The van der Waals surface area contributed by atoms with Gasteiger partial charge in [-0.2, -0.15) is 0 Å². The van der Waals surface area contributed by atoms with Crippen molar-refractivity contribution in [1.82, 2.24) is 0 Å². The maximum Gasteiger partial charge on any atom is 0.338 e. The lowest BCUT2D eigenvalue weighted by atomic mass is 9.42. The number of esters is 1. The van der Waals surface area contributed by atoms with E-state index in [-0.39, 0.29) is 17.9 Å². The predicted octanol–water partition coefficient (Wildman–Crippen LogP) is 5.00. The van der Waals surface area contributed by atoms with Crippen molar-refractivity contribution in [2.45, 2.75) is 44.6 Å². The molecule has 4 aliphatic rings. The van der Waals surface area contributed by atoms with Gasteiger partial charge in [-0.25, -0.2) is 9.69 Å². The summed E-state index contributed by atoms with van der Waals surface area (Å²) < 4.78 is 5.27. The van der Waals surface area contributed by atoms with Crippen LogP contribution < -0.4 is 4.90 Å². The molecule has 5 heteroatoms. The second-order valence-electron chi connectivity index (χ2n) is 10.5. The fraction of sp³-hybridized carbons (Fsp3) is 0.300. The van der Waals surface area contributed by atoms with Gasteiger partial charge in [-0.1, -0.05) is 62.4 Å². The fourth-order valence-electron chi connectivity index (χ4n) is 6.85. The van der Waals surface area contributed by atoms with Gasteiger partial charge in [0.2, 0.25) is 11.8 Å². The maximum atomic E-state index is 14.1.